The molecule has 0 amide bonds. The van der Waals surface area contributed by atoms with Crippen LogP contribution in [-0.4, -0.2) is 14.7 Å². The van der Waals surface area contributed by atoms with Crippen molar-refractivity contribution in [3.63, 3.8) is 0 Å². The summed E-state index contributed by atoms with van der Waals surface area (Å²) in [4.78, 5) is 4.76. The number of aromatic nitrogens is 2. The molecule has 3 nitrogen and oxygen atoms in total. The second-order valence-corrected chi connectivity index (χ2v) is 4.97. The van der Waals surface area contributed by atoms with Crippen LogP contribution in [0.3, 0.4) is 0 Å². The predicted molar refractivity (Wildman–Crippen MR) is 81.5 cm³/mol. The molecule has 0 saturated heterocycles. The molecule has 1 heterocycles. The maximum atomic E-state index is 9.13. The number of nitrogens with zero attached hydrogens (tertiary/aromatic N) is 2. The third kappa shape index (κ3) is 2.00. The van der Waals surface area contributed by atoms with Gasteiger partial charge in [-0.25, -0.2) is 4.98 Å². The van der Waals surface area contributed by atoms with E-state index in [0.717, 1.165) is 40.0 Å². The molecule has 0 aliphatic heterocycles. The Kier molecular flexibility index (Phi) is 3.28. The lowest BCUT2D eigenvalue weighted by Gasteiger charge is -2.04. The van der Waals surface area contributed by atoms with Gasteiger partial charge in [-0.2, -0.15) is 0 Å². The van der Waals surface area contributed by atoms with Crippen molar-refractivity contribution in [3.8, 4) is 11.1 Å². The van der Waals surface area contributed by atoms with E-state index in [1.165, 1.54) is 0 Å². The van der Waals surface area contributed by atoms with E-state index in [1.54, 1.807) is 0 Å². The van der Waals surface area contributed by atoms with E-state index in [1.807, 2.05) is 24.3 Å². The van der Waals surface area contributed by atoms with Crippen LogP contribution in [0.25, 0.3) is 22.2 Å². The van der Waals surface area contributed by atoms with Gasteiger partial charge < -0.3 is 9.67 Å². The number of aryl methyl sites for hydroxylation is 2. The molecule has 2 aromatic carbocycles. The van der Waals surface area contributed by atoms with Gasteiger partial charge in [0.2, 0.25) is 0 Å². The minimum absolute atomic E-state index is 0.0774. The number of hydrogen-bond donors (Lipinski definition) is 1. The molecule has 0 bridgehead atoms. The van der Waals surface area contributed by atoms with E-state index < -0.39 is 0 Å². The molecule has 0 radical (unpaired) electrons. The Hall–Kier alpha value is -2.13. The molecule has 0 aliphatic rings. The highest BCUT2D eigenvalue weighted by Crippen LogP contribution is 2.28. The molecule has 0 saturated carbocycles. The first-order valence-electron chi connectivity index (χ1n) is 6.89. The fourth-order valence-electron chi connectivity index (χ4n) is 2.60. The zero-order valence-electron chi connectivity index (χ0n) is 11.8. The van der Waals surface area contributed by atoms with Gasteiger partial charge in [-0.3, -0.25) is 0 Å². The van der Waals surface area contributed by atoms with Crippen molar-refractivity contribution >= 4 is 11.0 Å². The Labute approximate surface area is 118 Å². The fourth-order valence-corrected chi connectivity index (χ4v) is 2.60. The quantitative estimate of drug-likeness (QED) is 0.790. The Bertz CT molecular complexity index is 742. The lowest BCUT2D eigenvalue weighted by molar-refractivity contribution is 0.282. The number of para-hydroxylation sites is 1. The predicted octanol–water partition coefficient (Wildman–Crippen LogP) is 3.30. The van der Waals surface area contributed by atoms with Gasteiger partial charge in [0.25, 0.3) is 0 Å². The molecule has 3 aromatic rings. The highest BCUT2D eigenvalue weighted by Gasteiger charge is 2.11. The number of aliphatic hydroxyl groups is 1. The van der Waals surface area contributed by atoms with E-state index >= 15 is 0 Å². The first kappa shape index (κ1) is 12.9. The molecule has 1 N–H and O–H groups in total. The van der Waals surface area contributed by atoms with E-state index in [4.69, 9.17) is 10.1 Å². The molecule has 3 heteroatoms. The van der Waals surface area contributed by atoms with E-state index in [2.05, 4.69) is 36.7 Å². The van der Waals surface area contributed by atoms with Gasteiger partial charge in [-0.1, -0.05) is 43.3 Å². The summed E-state index contributed by atoms with van der Waals surface area (Å²) in [5, 5.41) is 9.13. The number of rotatable bonds is 3. The van der Waals surface area contributed by atoms with Crippen LogP contribution in [0.2, 0.25) is 0 Å². The van der Waals surface area contributed by atoms with E-state index in [-0.39, 0.29) is 6.61 Å². The largest absolute Gasteiger partial charge is 0.392 e. The highest BCUT2D eigenvalue weighted by molar-refractivity contribution is 5.92. The second kappa shape index (κ2) is 5.10. The van der Waals surface area contributed by atoms with Crippen molar-refractivity contribution < 1.29 is 5.11 Å². The van der Waals surface area contributed by atoms with Crippen LogP contribution in [0.5, 0.6) is 0 Å². The Morgan fingerprint density at radius 3 is 2.50 bits per heavy atom. The minimum Gasteiger partial charge on any atom is -0.392 e. The Morgan fingerprint density at radius 2 is 1.85 bits per heavy atom. The standard InChI is InChI=1S/C17H18N2O/c1-3-16-18-17-14(5-4-6-15(17)19(16)2)13-9-7-12(11-20)8-10-13/h4-10,20H,3,11H2,1-2H3. The number of fused-ring (bicyclic) bond motifs is 1. The van der Waals surface area contributed by atoms with Crippen molar-refractivity contribution in [2.75, 3.05) is 0 Å². The molecule has 0 atom stereocenters. The van der Waals surface area contributed by atoms with Crippen LogP contribution in [0.4, 0.5) is 0 Å². The zero-order chi connectivity index (χ0) is 14.1. The monoisotopic (exact) mass is 266 g/mol. The molecule has 1 aromatic heterocycles. The smallest absolute Gasteiger partial charge is 0.109 e. The number of benzene rings is 2. The van der Waals surface area contributed by atoms with Crippen LogP contribution >= 0.6 is 0 Å². The van der Waals surface area contributed by atoms with Crippen LogP contribution in [-0.2, 0) is 20.1 Å². The van der Waals surface area contributed by atoms with Crippen molar-refractivity contribution in [2.24, 2.45) is 7.05 Å². The van der Waals surface area contributed by atoms with Gasteiger partial charge in [0, 0.05) is 19.0 Å². The lowest BCUT2D eigenvalue weighted by Crippen LogP contribution is -1.94. The van der Waals surface area contributed by atoms with Crippen LogP contribution in [0.1, 0.15) is 18.3 Å². The molecule has 20 heavy (non-hydrogen) atoms. The average Bonchev–Trinajstić information content (AvgIpc) is 2.84. The number of imidazole rings is 1. The molecule has 0 unspecified atom stereocenters. The molecule has 0 fully saturated rings. The van der Waals surface area contributed by atoms with Gasteiger partial charge in [-0.15, -0.1) is 0 Å². The highest BCUT2D eigenvalue weighted by atomic mass is 16.3. The van der Waals surface area contributed by atoms with Crippen molar-refractivity contribution in [3.05, 3.63) is 53.9 Å². The summed E-state index contributed by atoms with van der Waals surface area (Å²) in [6.07, 6.45) is 0.925. The molecular formula is C17H18N2O. The summed E-state index contributed by atoms with van der Waals surface area (Å²) in [5.41, 5.74) is 5.40. The maximum absolute atomic E-state index is 9.13. The summed E-state index contributed by atoms with van der Waals surface area (Å²) in [6, 6.07) is 14.3. The second-order valence-electron chi connectivity index (χ2n) is 4.97. The van der Waals surface area contributed by atoms with Gasteiger partial charge >= 0.3 is 0 Å². The van der Waals surface area contributed by atoms with Gasteiger partial charge in [-0.05, 0) is 17.2 Å². The zero-order valence-corrected chi connectivity index (χ0v) is 11.8. The summed E-state index contributed by atoms with van der Waals surface area (Å²) in [5.74, 6) is 1.10. The molecular weight excluding hydrogens is 248 g/mol. The Morgan fingerprint density at radius 1 is 1.10 bits per heavy atom. The van der Waals surface area contributed by atoms with Crippen LogP contribution < -0.4 is 0 Å². The number of hydrogen-bond acceptors (Lipinski definition) is 2. The van der Waals surface area contributed by atoms with E-state index in [0.29, 0.717) is 0 Å². The van der Waals surface area contributed by atoms with Crippen LogP contribution in [0, 0.1) is 0 Å². The SMILES string of the molecule is CCc1nc2c(-c3ccc(CO)cc3)cccc2n1C. The molecule has 0 spiro atoms. The third-order valence-corrected chi connectivity index (χ3v) is 3.77. The third-order valence-electron chi connectivity index (χ3n) is 3.77. The van der Waals surface area contributed by atoms with Crippen molar-refractivity contribution in [1.29, 1.82) is 0 Å². The van der Waals surface area contributed by atoms with E-state index in [9.17, 15) is 0 Å². The van der Waals surface area contributed by atoms with Gasteiger partial charge in [0.05, 0.1) is 17.6 Å². The van der Waals surface area contributed by atoms with Gasteiger partial charge in [0.15, 0.2) is 0 Å². The first-order chi connectivity index (χ1) is 9.74. The normalized spacial score (nSPS) is 11.2. The van der Waals surface area contributed by atoms with Crippen molar-refractivity contribution in [1.82, 2.24) is 9.55 Å². The lowest BCUT2D eigenvalue weighted by atomic mass is 10.0. The summed E-state index contributed by atoms with van der Waals surface area (Å²) in [7, 11) is 2.06. The minimum atomic E-state index is 0.0774. The summed E-state index contributed by atoms with van der Waals surface area (Å²) in [6.45, 7) is 2.20. The van der Waals surface area contributed by atoms with Crippen molar-refractivity contribution in [2.45, 2.75) is 20.0 Å². The first-order valence-corrected chi connectivity index (χ1v) is 6.89. The molecule has 102 valence electrons. The topological polar surface area (TPSA) is 38.1 Å². The van der Waals surface area contributed by atoms with Gasteiger partial charge in [0.1, 0.15) is 5.82 Å². The molecule has 0 aliphatic carbocycles. The number of aliphatic hydroxyl groups excluding tert-OH is 1. The maximum Gasteiger partial charge on any atom is 0.109 e. The average molecular weight is 266 g/mol. The fraction of sp³-hybridized carbons (Fsp3) is 0.235. The summed E-state index contributed by atoms with van der Waals surface area (Å²) >= 11 is 0. The van der Waals surface area contributed by atoms with Crippen LogP contribution in [0.15, 0.2) is 42.5 Å². The Balaban J connectivity index is 2.19. The molecule has 3 rings (SSSR count). The summed E-state index contributed by atoms with van der Waals surface area (Å²) < 4.78 is 2.15.